The highest BCUT2D eigenvalue weighted by molar-refractivity contribution is 6.81. The molecule has 4 aliphatic rings. The minimum Gasteiger partial charge on any atom is -0.0679 e. The standard InChI is InChI=1S/C54H68Si/c1-51(2,3)41-25-21-37(22-26-41)43-17-15-19-45-47(43)33-39(35-53(7)29-11-12-30-53)49(45)55(9,10)50-40(36-54(8)31-13-14-32-54)34-48-44(18-16-20-46(48)50)38-23-27-42(28-24-38)52(4,5)6/h15-28,33-34,49-50H,11-14,29-32,35-36H2,1-10H3. The normalized spacial score (nSPS) is 21.7. The van der Waals surface area contributed by atoms with Crippen LogP contribution < -0.4 is 0 Å². The van der Waals surface area contributed by atoms with Gasteiger partial charge in [0.05, 0.1) is 8.07 Å². The number of benzene rings is 4. The average molecular weight is 745 g/mol. The van der Waals surface area contributed by atoms with E-state index in [9.17, 15) is 0 Å². The Morgan fingerprint density at radius 2 is 0.855 bits per heavy atom. The van der Waals surface area contributed by atoms with Gasteiger partial charge in [-0.3, -0.25) is 0 Å². The van der Waals surface area contributed by atoms with Crippen molar-refractivity contribution in [3.05, 3.63) is 129 Å². The van der Waals surface area contributed by atoms with Crippen molar-refractivity contribution >= 4 is 20.2 Å². The van der Waals surface area contributed by atoms with Gasteiger partial charge in [-0.15, -0.1) is 0 Å². The van der Waals surface area contributed by atoms with Crippen molar-refractivity contribution in [3.8, 4) is 22.3 Å². The molecule has 4 aromatic rings. The molecule has 0 aromatic heterocycles. The molecule has 0 N–H and O–H groups in total. The van der Waals surface area contributed by atoms with E-state index in [1.165, 1.54) is 109 Å². The number of hydrogen-bond donors (Lipinski definition) is 0. The first-order valence-corrected chi connectivity index (χ1v) is 25.0. The molecule has 2 atom stereocenters. The summed E-state index contributed by atoms with van der Waals surface area (Å²) in [5, 5.41) is 0. The fraction of sp³-hybridized carbons (Fsp3) is 0.481. The van der Waals surface area contributed by atoms with Gasteiger partial charge < -0.3 is 0 Å². The Balaban J connectivity index is 1.26. The lowest BCUT2D eigenvalue weighted by atomic mass is 9.81. The molecule has 0 radical (unpaired) electrons. The lowest BCUT2D eigenvalue weighted by Gasteiger charge is -2.42. The van der Waals surface area contributed by atoms with E-state index in [2.05, 4.69) is 166 Å². The molecule has 0 nitrogen and oxygen atoms in total. The van der Waals surface area contributed by atoms with Gasteiger partial charge in [0.2, 0.25) is 0 Å². The monoisotopic (exact) mass is 745 g/mol. The molecule has 2 fully saturated rings. The summed E-state index contributed by atoms with van der Waals surface area (Å²) in [7, 11) is -2.13. The van der Waals surface area contributed by atoms with E-state index in [4.69, 9.17) is 0 Å². The molecule has 0 saturated heterocycles. The van der Waals surface area contributed by atoms with Crippen LogP contribution >= 0.6 is 0 Å². The second kappa shape index (κ2) is 13.9. The molecule has 2 saturated carbocycles. The summed E-state index contributed by atoms with van der Waals surface area (Å²) in [5.41, 5.74) is 20.2. The lowest BCUT2D eigenvalue weighted by molar-refractivity contribution is 0.330. The molecule has 2 unspecified atom stereocenters. The van der Waals surface area contributed by atoms with Crippen LogP contribution in [-0.4, -0.2) is 8.07 Å². The molecule has 0 amide bonds. The molecular weight excluding hydrogens is 677 g/mol. The molecule has 0 heterocycles. The molecule has 0 aliphatic heterocycles. The van der Waals surface area contributed by atoms with Gasteiger partial charge in [-0.05, 0) is 116 Å². The second-order valence-corrected chi connectivity index (χ2v) is 26.6. The van der Waals surface area contributed by atoms with Gasteiger partial charge >= 0.3 is 0 Å². The smallest absolute Gasteiger partial charge is 0.0679 e. The Morgan fingerprint density at radius 3 is 1.18 bits per heavy atom. The maximum atomic E-state index is 2.79. The highest BCUT2D eigenvalue weighted by Gasteiger charge is 2.50. The van der Waals surface area contributed by atoms with Crippen molar-refractivity contribution in [2.45, 2.75) is 155 Å². The Bertz CT molecular complexity index is 1960. The van der Waals surface area contributed by atoms with E-state index in [0.29, 0.717) is 21.9 Å². The first-order chi connectivity index (χ1) is 26.0. The Labute approximate surface area is 336 Å². The summed E-state index contributed by atoms with van der Waals surface area (Å²) in [6.45, 7) is 24.7. The Kier molecular flexibility index (Phi) is 9.72. The summed E-state index contributed by atoms with van der Waals surface area (Å²) in [6.07, 6.45) is 18.9. The van der Waals surface area contributed by atoms with Crippen LogP contribution in [0.15, 0.2) is 96.1 Å². The van der Waals surface area contributed by atoms with Crippen LogP contribution in [0.1, 0.15) is 164 Å². The van der Waals surface area contributed by atoms with Gasteiger partial charge in [-0.1, -0.05) is 202 Å². The summed E-state index contributed by atoms with van der Waals surface area (Å²) in [5.74, 6) is 0. The van der Waals surface area contributed by atoms with Crippen molar-refractivity contribution in [2.24, 2.45) is 10.8 Å². The first-order valence-electron chi connectivity index (χ1n) is 21.8. The van der Waals surface area contributed by atoms with Crippen LogP contribution in [0.3, 0.4) is 0 Å². The molecular formula is C54H68Si. The highest BCUT2D eigenvalue weighted by atomic mass is 28.3. The largest absolute Gasteiger partial charge is 0.0722 e. The predicted octanol–water partition coefficient (Wildman–Crippen LogP) is 16.0. The Hall–Kier alpha value is -3.42. The van der Waals surface area contributed by atoms with Gasteiger partial charge in [0.15, 0.2) is 0 Å². The van der Waals surface area contributed by atoms with Gasteiger partial charge in [-0.2, -0.15) is 0 Å². The number of fused-ring (bicyclic) bond motifs is 2. The topological polar surface area (TPSA) is 0 Å². The molecule has 288 valence electrons. The predicted molar refractivity (Wildman–Crippen MR) is 242 cm³/mol. The van der Waals surface area contributed by atoms with E-state index in [1.807, 2.05) is 0 Å². The number of rotatable bonds is 8. The van der Waals surface area contributed by atoms with E-state index >= 15 is 0 Å². The van der Waals surface area contributed by atoms with Crippen molar-refractivity contribution in [3.63, 3.8) is 0 Å². The fourth-order valence-corrected chi connectivity index (χ4v) is 16.5. The zero-order valence-electron chi connectivity index (χ0n) is 36.0. The first kappa shape index (κ1) is 38.5. The minimum absolute atomic E-state index is 0.149. The van der Waals surface area contributed by atoms with Crippen LogP contribution in [0.2, 0.25) is 13.1 Å². The summed E-state index contributed by atoms with van der Waals surface area (Å²) >= 11 is 0. The van der Waals surface area contributed by atoms with E-state index < -0.39 is 8.07 Å². The van der Waals surface area contributed by atoms with Gasteiger partial charge in [0.1, 0.15) is 0 Å². The van der Waals surface area contributed by atoms with Gasteiger partial charge in [0.25, 0.3) is 0 Å². The Morgan fingerprint density at radius 1 is 0.509 bits per heavy atom. The number of allylic oxidation sites excluding steroid dienone is 2. The number of hydrogen-bond acceptors (Lipinski definition) is 0. The summed E-state index contributed by atoms with van der Waals surface area (Å²) < 4.78 is 0. The maximum Gasteiger partial charge on any atom is 0.0722 e. The zero-order chi connectivity index (χ0) is 39.0. The molecule has 1 heteroatoms. The molecule has 8 rings (SSSR count). The van der Waals surface area contributed by atoms with E-state index in [1.54, 1.807) is 22.3 Å². The lowest BCUT2D eigenvalue weighted by Crippen LogP contribution is -2.43. The maximum absolute atomic E-state index is 2.79. The highest BCUT2D eigenvalue weighted by Crippen LogP contribution is 2.59. The molecule has 55 heavy (non-hydrogen) atoms. The molecule has 4 aromatic carbocycles. The minimum atomic E-state index is -2.13. The third kappa shape index (κ3) is 7.22. The van der Waals surface area contributed by atoms with Gasteiger partial charge in [-0.25, -0.2) is 0 Å². The van der Waals surface area contributed by atoms with Crippen LogP contribution in [0, 0.1) is 10.8 Å². The van der Waals surface area contributed by atoms with Crippen molar-refractivity contribution in [1.82, 2.24) is 0 Å². The molecule has 4 aliphatic carbocycles. The van der Waals surface area contributed by atoms with Gasteiger partial charge in [0, 0.05) is 11.1 Å². The van der Waals surface area contributed by atoms with E-state index in [-0.39, 0.29) is 10.8 Å². The fourth-order valence-electron chi connectivity index (χ4n) is 11.8. The second-order valence-electron chi connectivity index (χ2n) is 21.8. The van der Waals surface area contributed by atoms with Crippen LogP contribution in [0.5, 0.6) is 0 Å². The zero-order valence-corrected chi connectivity index (χ0v) is 37.0. The van der Waals surface area contributed by atoms with Crippen LogP contribution in [-0.2, 0) is 10.8 Å². The van der Waals surface area contributed by atoms with Crippen LogP contribution in [0.25, 0.3) is 34.4 Å². The molecule has 0 bridgehead atoms. The third-order valence-corrected chi connectivity index (χ3v) is 19.1. The summed E-state index contributed by atoms with van der Waals surface area (Å²) in [6, 6.07) is 33.7. The van der Waals surface area contributed by atoms with Crippen molar-refractivity contribution < 1.29 is 0 Å². The van der Waals surface area contributed by atoms with E-state index in [0.717, 1.165) is 0 Å². The SMILES string of the molecule is CC1(CC2=Cc3c(-c4ccc(C(C)(C)C)cc4)cccc3C2[Si](C)(C)C2C(CC3(C)CCCC3)=Cc3c(-c4ccc(C(C)(C)C)cc4)cccc32)CCCC1. The average Bonchev–Trinajstić information content (AvgIpc) is 3.92. The third-order valence-electron chi connectivity index (χ3n) is 14.8. The quantitative estimate of drug-likeness (QED) is 0.158. The van der Waals surface area contributed by atoms with Crippen molar-refractivity contribution in [1.29, 1.82) is 0 Å². The molecule has 0 spiro atoms. The van der Waals surface area contributed by atoms with Crippen LogP contribution in [0.4, 0.5) is 0 Å². The van der Waals surface area contributed by atoms with Crippen molar-refractivity contribution in [2.75, 3.05) is 0 Å². The summed E-state index contributed by atoms with van der Waals surface area (Å²) in [4.78, 5) is 0.